The zero-order valence-electron chi connectivity index (χ0n) is 12.9. The molecule has 0 radical (unpaired) electrons. The summed E-state index contributed by atoms with van der Waals surface area (Å²) in [6.45, 7) is 12.2. The van der Waals surface area contributed by atoms with Gasteiger partial charge in [-0.15, -0.1) is 0 Å². The lowest BCUT2D eigenvalue weighted by molar-refractivity contribution is 0.292. The smallest absolute Gasteiger partial charge is 0.106 e. The first-order chi connectivity index (χ1) is 9.63. The van der Waals surface area contributed by atoms with Crippen LogP contribution >= 0.6 is 15.9 Å². The van der Waals surface area contributed by atoms with Gasteiger partial charge in [-0.05, 0) is 59.9 Å². The quantitative estimate of drug-likeness (QED) is 0.758. The van der Waals surface area contributed by atoms with E-state index in [-0.39, 0.29) is 0 Å². The summed E-state index contributed by atoms with van der Waals surface area (Å²) in [6, 6.07) is 4.30. The highest BCUT2D eigenvalue weighted by atomic mass is 79.9. The van der Waals surface area contributed by atoms with Gasteiger partial charge in [0, 0.05) is 19.6 Å². The summed E-state index contributed by atoms with van der Waals surface area (Å²) in [6.07, 6.45) is 2.65. The van der Waals surface area contributed by atoms with E-state index in [9.17, 15) is 0 Å². The lowest BCUT2D eigenvalue weighted by Crippen LogP contribution is -2.35. The maximum atomic E-state index is 4.74. The maximum absolute atomic E-state index is 4.74. The number of nitrogens with zero attached hydrogens (tertiary/aromatic N) is 3. The van der Waals surface area contributed by atoms with Crippen molar-refractivity contribution in [1.29, 1.82) is 0 Å². The maximum Gasteiger partial charge on any atom is 0.106 e. The molecular formula is C16H26BrN3. The van der Waals surface area contributed by atoms with Gasteiger partial charge in [0.1, 0.15) is 4.60 Å². The number of anilines is 1. The van der Waals surface area contributed by atoms with Gasteiger partial charge in [-0.2, -0.15) is 0 Å². The highest BCUT2D eigenvalue weighted by molar-refractivity contribution is 9.10. The minimum absolute atomic E-state index is 0.786. The topological polar surface area (TPSA) is 19.4 Å². The van der Waals surface area contributed by atoms with Crippen LogP contribution in [0.1, 0.15) is 39.3 Å². The number of hydrogen-bond donors (Lipinski definition) is 0. The molecule has 112 valence electrons. The molecule has 1 saturated heterocycles. The molecule has 0 aromatic carbocycles. The molecule has 1 unspecified atom stereocenters. The Balaban J connectivity index is 2.22. The summed E-state index contributed by atoms with van der Waals surface area (Å²) in [5.41, 5.74) is 2.53. The molecule has 1 aliphatic rings. The lowest BCUT2D eigenvalue weighted by Gasteiger charge is -2.34. The first kappa shape index (κ1) is 15.8. The fourth-order valence-corrected chi connectivity index (χ4v) is 3.29. The van der Waals surface area contributed by atoms with Crippen molar-refractivity contribution in [2.24, 2.45) is 5.92 Å². The molecule has 1 aliphatic heterocycles. The van der Waals surface area contributed by atoms with Crippen molar-refractivity contribution >= 4 is 21.6 Å². The largest absolute Gasteiger partial charge is 0.370 e. The van der Waals surface area contributed by atoms with Crippen LogP contribution in [0.4, 0.5) is 5.69 Å². The Morgan fingerprint density at radius 1 is 1.35 bits per heavy atom. The molecule has 0 saturated carbocycles. The van der Waals surface area contributed by atoms with Gasteiger partial charge in [-0.25, -0.2) is 4.98 Å². The van der Waals surface area contributed by atoms with E-state index in [1.54, 1.807) is 0 Å². The van der Waals surface area contributed by atoms with Crippen molar-refractivity contribution in [3.63, 3.8) is 0 Å². The Bertz CT molecular complexity index is 432. The average molecular weight is 340 g/mol. The molecule has 2 rings (SSSR count). The van der Waals surface area contributed by atoms with E-state index >= 15 is 0 Å². The van der Waals surface area contributed by atoms with Crippen LogP contribution < -0.4 is 4.90 Å². The van der Waals surface area contributed by atoms with Crippen molar-refractivity contribution in [3.8, 4) is 0 Å². The molecule has 1 aromatic rings. The van der Waals surface area contributed by atoms with Crippen LogP contribution in [0, 0.1) is 5.92 Å². The van der Waals surface area contributed by atoms with Crippen molar-refractivity contribution in [2.75, 3.05) is 31.1 Å². The predicted octanol–water partition coefficient (Wildman–Crippen LogP) is 3.92. The molecule has 3 nitrogen and oxygen atoms in total. The van der Waals surface area contributed by atoms with Gasteiger partial charge in [0.15, 0.2) is 0 Å². The van der Waals surface area contributed by atoms with E-state index in [0.717, 1.165) is 36.7 Å². The summed E-state index contributed by atoms with van der Waals surface area (Å²) in [5.74, 6) is 0.786. The SMILES string of the molecule is CCN(CC)Cc1nc(Br)ccc1N1CCCC(C)C1. The van der Waals surface area contributed by atoms with Crippen LogP contribution in [0.15, 0.2) is 16.7 Å². The van der Waals surface area contributed by atoms with Crippen LogP contribution in [0.25, 0.3) is 0 Å². The minimum Gasteiger partial charge on any atom is -0.370 e. The van der Waals surface area contributed by atoms with E-state index in [1.807, 2.05) is 0 Å². The van der Waals surface area contributed by atoms with Gasteiger partial charge in [0.05, 0.1) is 11.4 Å². The fourth-order valence-electron chi connectivity index (χ4n) is 2.94. The van der Waals surface area contributed by atoms with Crippen molar-refractivity contribution in [3.05, 3.63) is 22.4 Å². The number of piperidine rings is 1. The molecule has 1 fully saturated rings. The molecule has 1 aromatic heterocycles. The second-order valence-corrected chi connectivity index (χ2v) is 6.57. The van der Waals surface area contributed by atoms with E-state index in [0.29, 0.717) is 0 Å². The zero-order chi connectivity index (χ0) is 14.5. The van der Waals surface area contributed by atoms with Gasteiger partial charge in [0.25, 0.3) is 0 Å². The van der Waals surface area contributed by atoms with Crippen molar-refractivity contribution in [1.82, 2.24) is 9.88 Å². The third-order valence-electron chi connectivity index (χ3n) is 4.18. The van der Waals surface area contributed by atoms with Crippen LogP contribution in [-0.2, 0) is 6.54 Å². The number of hydrogen-bond acceptors (Lipinski definition) is 3. The fraction of sp³-hybridized carbons (Fsp3) is 0.688. The first-order valence-corrected chi connectivity index (χ1v) is 8.56. The Hall–Kier alpha value is -0.610. The standard InChI is InChI=1S/C16H26BrN3/c1-4-19(5-2)12-14-15(8-9-16(17)18-14)20-10-6-7-13(3)11-20/h8-9,13H,4-7,10-12H2,1-3H3. The molecular weight excluding hydrogens is 314 g/mol. The van der Waals surface area contributed by atoms with Crippen molar-refractivity contribution < 1.29 is 0 Å². The highest BCUT2D eigenvalue weighted by Crippen LogP contribution is 2.27. The Morgan fingerprint density at radius 3 is 2.75 bits per heavy atom. The van der Waals surface area contributed by atoms with E-state index in [4.69, 9.17) is 4.98 Å². The van der Waals surface area contributed by atoms with Crippen LogP contribution in [-0.4, -0.2) is 36.1 Å². The molecule has 2 heterocycles. The molecule has 0 aliphatic carbocycles. The Labute approximate surface area is 131 Å². The summed E-state index contributed by atoms with van der Waals surface area (Å²) >= 11 is 3.52. The molecule has 0 spiro atoms. The van der Waals surface area contributed by atoms with Gasteiger partial charge >= 0.3 is 0 Å². The normalized spacial score (nSPS) is 19.6. The summed E-state index contributed by atoms with van der Waals surface area (Å²) in [7, 11) is 0. The number of pyridine rings is 1. The van der Waals surface area contributed by atoms with Crippen LogP contribution in [0.2, 0.25) is 0 Å². The third-order valence-corrected chi connectivity index (χ3v) is 4.62. The lowest BCUT2D eigenvalue weighted by atomic mass is 9.99. The molecule has 20 heavy (non-hydrogen) atoms. The van der Waals surface area contributed by atoms with E-state index in [1.165, 1.54) is 30.8 Å². The summed E-state index contributed by atoms with van der Waals surface area (Å²) in [5, 5.41) is 0. The molecule has 4 heteroatoms. The molecule has 1 atom stereocenters. The minimum atomic E-state index is 0.786. The van der Waals surface area contributed by atoms with Gasteiger partial charge in [-0.1, -0.05) is 20.8 Å². The Kier molecular flexibility index (Phi) is 5.85. The first-order valence-electron chi connectivity index (χ1n) is 7.76. The predicted molar refractivity (Wildman–Crippen MR) is 89.2 cm³/mol. The summed E-state index contributed by atoms with van der Waals surface area (Å²) in [4.78, 5) is 9.68. The summed E-state index contributed by atoms with van der Waals surface area (Å²) < 4.78 is 0.938. The molecule has 0 N–H and O–H groups in total. The molecule has 0 bridgehead atoms. The van der Waals surface area contributed by atoms with Gasteiger partial charge in [0.2, 0.25) is 0 Å². The number of rotatable bonds is 5. The zero-order valence-corrected chi connectivity index (χ0v) is 14.5. The van der Waals surface area contributed by atoms with Gasteiger partial charge < -0.3 is 4.90 Å². The highest BCUT2D eigenvalue weighted by Gasteiger charge is 2.20. The number of halogens is 1. The van der Waals surface area contributed by atoms with Crippen LogP contribution in [0.5, 0.6) is 0 Å². The number of aromatic nitrogens is 1. The van der Waals surface area contributed by atoms with E-state index in [2.05, 4.69) is 58.6 Å². The second-order valence-electron chi connectivity index (χ2n) is 5.75. The molecule has 0 amide bonds. The third kappa shape index (κ3) is 3.95. The van der Waals surface area contributed by atoms with Crippen molar-refractivity contribution in [2.45, 2.75) is 40.2 Å². The van der Waals surface area contributed by atoms with E-state index < -0.39 is 0 Å². The van der Waals surface area contributed by atoms with Crippen LogP contribution in [0.3, 0.4) is 0 Å². The monoisotopic (exact) mass is 339 g/mol. The second kappa shape index (κ2) is 7.41. The van der Waals surface area contributed by atoms with Gasteiger partial charge in [-0.3, -0.25) is 4.90 Å². The average Bonchev–Trinajstić information content (AvgIpc) is 2.45. The Morgan fingerprint density at radius 2 is 2.10 bits per heavy atom.